The zero-order valence-corrected chi connectivity index (χ0v) is 13.9. The van der Waals surface area contributed by atoms with Crippen molar-refractivity contribution in [3.63, 3.8) is 0 Å². The molecule has 3 heterocycles. The maximum absolute atomic E-state index is 9.18. The van der Waals surface area contributed by atoms with Gasteiger partial charge in [0.05, 0.1) is 17.7 Å². The summed E-state index contributed by atoms with van der Waals surface area (Å²) in [5, 5.41) is 13.5. The number of nitrogens with zero attached hydrogens (tertiary/aromatic N) is 6. The third-order valence-electron chi connectivity index (χ3n) is 4.70. The standard InChI is InChI=1S/C18H18N6O/c1-25-17(14-5-2-4-13(10-14)11-19)15-6-3-9-23(15)16-7-8-20-18-21-12-22-24(16)18/h2,4-5,7-8,10,12,15,17H,3,6,9H2,1H3. The molecule has 1 saturated heterocycles. The Balaban J connectivity index is 1.72. The molecule has 25 heavy (non-hydrogen) atoms. The lowest BCUT2D eigenvalue weighted by Crippen LogP contribution is -2.36. The van der Waals surface area contributed by atoms with Crippen LogP contribution in [0, 0.1) is 11.3 Å². The first-order valence-corrected chi connectivity index (χ1v) is 8.26. The number of nitriles is 1. The summed E-state index contributed by atoms with van der Waals surface area (Å²) in [6, 6.07) is 12.0. The Morgan fingerprint density at radius 2 is 2.24 bits per heavy atom. The smallest absolute Gasteiger partial charge is 0.254 e. The maximum atomic E-state index is 9.18. The molecule has 1 aliphatic heterocycles. The molecular formula is C18H18N6O. The predicted octanol–water partition coefficient (Wildman–Crippen LogP) is 2.35. The Labute approximate surface area is 145 Å². The van der Waals surface area contributed by atoms with Gasteiger partial charge in [-0.25, -0.2) is 4.98 Å². The summed E-state index contributed by atoms with van der Waals surface area (Å²) in [4.78, 5) is 10.7. The van der Waals surface area contributed by atoms with E-state index in [9.17, 15) is 5.26 Å². The number of rotatable bonds is 4. The quantitative estimate of drug-likeness (QED) is 0.729. The van der Waals surface area contributed by atoms with Crippen LogP contribution in [-0.4, -0.2) is 39.3 Å². The van der Waals surface area contributed by atoms with E-state index in [-0.39, 0.29) is 12.1 Å². The van der Waals surface area contributed by atoms with Crippen molar-refractivity contribution in [2.75, 3.05) is 18.6 Å². The van der Waals surface area contributed by atoms with Crippen LogP contribution >= 0.6 is 0 Å². The minimum absolute atomic E-state index is 0.123. The molecule has 0 amide bonds. The van der Waals surface area contributed by atoms with Crippen LogP contribution < -0.4 is 4.90 Å². The summed E-state index contributed by atoms with van der Waals surface area (Å²) in [6.07, 6.45) is 5.23. The lowest BCUT2D eigenvalue weighted by molar-refractivity contribution is 0.0810. The molecule has 0 radical (unpaired) electrons. The molecule has 2 atom stereocenters. The van der Waals surface area contributed by atoms with E-state index in [1.807, 2.05) is 30.3 Å². The molecule has 0 N–H and O–H groups in total. The molecule has 3 aromatic rings. The van der Waals surface area contributed by atoms with Crippen LogP contribution in [-0.2, 0) is 4.74 Å². The largest absolute Gasteiger partial charge is 0.375 e. The van der Waals surface area contributed by atoms with E-state index in [1.165, 1.54) is 6.33 Å². The van der Waals surface area contributed by atoms with E-state index in [0.717, 1.165) is 30.8 Å². The van der Waals surface area contributed by atoms with Crippen LogP contribution in [0.5, 0.6) is 0 Å². The molecule has 1 fully saturated rings. The number of anilines is 1. The first-order valence-electron chi connectivity index (χ1n) is 8.26. The molecule has 0 bridgehead atoms. The van der Waals surface area contributed by atoms with Crippen molar-refractivity contribution in [3.05, 3.63) is 54.0 Å². The number of benzene rings is 1. The average molecular weight is 334 g/mol. The molecule has 2 aromatic heterocycles. The molecule has 126 valence electrons. The second-order valence-electron chi connectivity index (χ2n) is 6.07. The predicted molar refractivity (Wildman–Crippen MR) is 92.1 cm³/mol. The zero-order chi connectivity index (χ0) is 17.2. The summed E-state index contributed by atoms with van der Waals surface area (Å²) in [6.45, 7) is 0.918. The van der Waals surface area contributed by atoms with Gasteiger partial charge >= 0.3 is 0 Å². The third-order valence-corrected chi connectivity index (χ3v) is 4.70. The molecule has 1 aromatic carbocycles. The number of aromatic nitrogens is 4. The highest BCUT2D eigenvalue weighted by Gasteiger charge is 2.34. The van der Waals surface area contributed by atoms with Crippen LogP contribution in [0.15, 0.2) is 42.9 Å². The van der Waals surface area contributed by atoms with Gasteiger partial charge in [-0.1, -0.05) is 12.1 Å². The molecule has 7 heteroatoms. The average Bonchev–Trinajstić information content (AvgIpc) is 3.32. The molecule has 7 nitrogen and oxygen atoms in total. The minimum Gasteiger partial charge on any atom is -0.375 e. The fourth-order valence-electron chi connectivity index (χ4n) is 3.64. The van der Waals surface area contributed by atoms with Gasteiger partial charge in [0.25, 0.3) is 5.78 Å². The molecule has 4 rings (SSSR count). The Kier molecular flexibility index (Phi) is 4.04. The van der Waals surface area contributed by atoms with Crippen molar-refractivity contribution in [1.82, 2.24) is 19.6 Å². The van der Waals surface area contributed by atoms with E-state index in [2.05, 4.69) is 26.0 Å². The number of hydrogen-bond acceptors (Lipinski definition) is 6. The van der Waals surface area contributed by atoms with Gasteiger partial charge in [0.15, 0.2) is 0 Å². The minimum atomic E-state index is -0.123. The highest BCUT2D eigenvalue weighted by atomic mass is 16.5. The fourth-order valence-corrected chi connectivity index (χ4v) is 3.64. The van der Waals surface area contributed by atoms with Gasteiger partial charge in [-0.15, -0.1) is 0 Å². The summed E-state index contributed by atoms with van der Waals surface area (Å²) < 4.78 is 7.61. The van der Waals surface area contributed by atoms with E-state index < -0.39 is 0 Å². The summed E-state index contributed by atoms with van der Waals surface area (Å²) in [5.74, 6) is 1.55. The van der Waals surface area contributed by atoms with E-state index in [0.29, 0.717) is 11.3 Å². The number of methoxy groups -OCH3 is 1. The normalized spacial score (nSPS) is 18.4. The molecule has 2 unspecified atom stereocenters. The first-order chi connectivity index (χ1) is 12.3. The van der Waals surface area contributed by atoms with Crippen LogP contribution in [0.2, 0.25) is 0 Å². The molecule has 0 spiro atoms. The Hall–Kier alpha value is -2.98. The molecule has 1 aliphatic rings. The molecule has 0 aliphatic carbocycles. The number of hydrogen-bond donors (Lipinski definition) is 0. The van der Waals surface area contributed by atoms with Gasteiger partial charge in [0.1, 0.15) is 18.2 Å². The fraction of sp³-hybridized carbons (Fsp3) is 0.333. The summed E-state index contributed by atoms with van der Waals surface area (Å²) >= 11 is 0. The van der Waals surface area contributed by atoms with Crippen LogP contribution in [0.3, 0.4) is 0 Å². The van der Waals surface area contributed by atoms with Crippen molar-refractivity contribution in [2.24, 2.45) is 0 Å². The SMILES string of the molecule is COC(c1cccc(C#N)c1)C1CCCN1c1ccnc2ncnn12. The van der Waals surface area contributed by atoms with Gasteiger partial charge in [0.2, 0.25) is 0 Å². The van der Waals surface area contributed by atoms with Crippen molar-refractivity contribution >= 4 is 11.6 Å². The second kappa shape index (κ2) is 6.49. The Morgan fingerprint density at radius 3 is 3.08 bits per heavy atom. The number of ether oxygens (including phenoxy) is 1. The van der Waals surface area contributed by atoms with Gasteiger partial charge < -0.3 is 9.64 Å². The zero-order valence-electron chi connectivity index (χ0n) is 13.9. The molecular weight excluding hydrogens is 316 g/mol. The van der Waals surface area contributed by atoms with Crippen LogP contribution in [0.1, 0.15) is 30.1 Å². The van der Waals surface area contributed by atoms with Crippen molar-refractivity contribution in [3.8, 4) is 6.07 Å². The van der Waals surface area contributed by atoms with Crippen LogP contribution in [0.25, 0.3) is 5.78 Å². The van der Waals surface area contributed by atoms with Gasteiger partial charge in [0, 0.05) is 19.9 Å². The van der Waals surface area contributed by atoms with E-state index in [1.54, 1.807) is 17.8 Å². The highest BCUT2D eigenvalue weighted by Crippen LogP contribution is 2.35. The second-order valence-corrected chi connectivity index (χ2v) is 6.07. The van der Waals surface area contributed by atoms with Crippen molar-refractivity contribution in [1.29, 1.82) is 5.26 Å². The summed E-state index contributed by atoms with van der Waals surface area (Å²) in [5.41, 5.74) is 1.66. The van der Waals surface area contributed by atoms with Gasteiger partial charge in [-0.3, -0.25) is 0 Å². The monoisotopic (exact) mass is 334 g/mol. The van der Waals surface area contributed by atoms with Gasteiger partial charge in [-0.2, -0.15) is 19.9 Å². The lowest BCUT2D eigenvalue weighted by atomic mass is 9.98. The Bertz CT molecular complexity index is 930. The third kappa shape index (κ3) is 2.71. The van der Waals surface area contributed by atoms with E-state index in [4.69, 9.17) is 4.74 Å². The molecule has 0 saturated carbocycles. The lowest BCUT2D eigenvalue weighted by Gasteiger charge is -2.32. The maximum Gasteiger partial charge on any atom is 0.254 e. The summed E-state index contributed by atoms with van der Waals surface area (Å²) in [7, 11) is 1.72. The first kappa shape index (κ1) is 15.5. The van der Waals surface area contributed by atoms with E-state index >= 15 is 0 Å². The highest BCUT2D eigenvalue weighted by molar-refractivity contribution is 5.48. The van der Waals surface area contributed by atoms with Crippen molar-refractivity contribution < 1.29 is 4.74 Å². The number of fused-ring (bicyclic) bond motifs is 1. The van der Waals surface area contributed by atoms with Crippen molar-refractivity contribution in [2.45, 2.75) is 25.0 Å². The van der Waals surface area contributed by atoms with Gasteiger partial charge in [-0.05, 0) is 36.6 Å². The topological polar surface area (TPSA) is 79.3 Å². The van der Waals surface area contributed by atoms with Crippen LogP contribution in [0.4, 0.5) is 5.82 Å². The Morgan fingerprint density at radius 1 is 1.32 bits per heavy atom.